The molecule has 0 saturated heterocycles. The van der Waals surface area contributed by atoms with Gasteiger partial charge in [-0.25, -0.2) is 4.79 Å². The Bertz CT molecular complexity index is 658. The molecule has 0 aliphatic heterocycles. The second kappa shape index (κ2) is 8.08. The van der Waals surface area contributed by atoms with Crippen LogP contribution in [0.2, 0.25) is 0 Å². The standard InChI is InChI=1S/C19H19NO4/c1-2-13-20-17(21)14-24-18(22)19(23,15-9-5-3-6-10-15)16-11-7-4-8-12-16/h2-12,23H,1,13-14H2,(H,20,21). The Morgan fingerprint density at radius 2 is 1.54 bits per heavy atom. The van der Waals surface area contributed by atoms with Gasteiger partial charge in [0.15, 0.2) is 6.61 Å². The van der Waals surface area contributed by atoms with Gasteiger partial charge in [-0.1, -0.05) is 66.7 Å². The van der Waals surface area contributed by atoms with Gasteiger partial charge >= 0.3 is 5.97 Å². The van der Waals surface area contributed by atoms with Gasteiger partial charge in [-0.3, -0.25) is 4.79 Å². The van der Waals surface area contributed by atoms with Gasteiger partial charge in [-0.05, 0) is 11.1 Å². The molecule has 0 radical (unpaired) electrons. The lowest BCUT2D eigenvalue weighted by atomic mass is 9.86. The molecule has 5 heteroatoms. The quantitative estimate of drug-likeness (QED) is 0.601. The van der Waals surface area contributed by atoms with E-state index in [4.69, 9.17) is 4.74 Å². The van der Waals surface area contributed by atoms with Crippen LogP contribution in [0, 0.1) is 0 Å². The Balaban J connectivity index is 2.25. The molecule has 0 aromatic heterocycles. The highest BCUT2D eigenvalue weighted by atomic mass is 16.6. The molecule has 0 heterocycles. The molecule has 24 heavy (non-hydrogen) atoms. The number of rotatable bonds is 7. The summed E-state index contributed by atoms with van der Waals surface area (Å²) in [6.45, 7) is 3.28. The molecule has 2 rings (SSSR count). The first kappa shape index (κ1) is 17.4. The SMILES string of the molecule is C=CCNC(=O)COC(=O)C(O)(c1ccccc1)c1ccccc1. The molecular weight excluding hydrogens is 306 g/mol. The van der Waals surface area contributed by atoms with Crippen molar-refractivity contribution in [3.05, 3.63) is 84.4 Å². The highest BCUT2D eigenvalue weighted by molar-refractivity contribution is 5.88. The van der Waals surface area contributed by atoms with Gasteiger partial charge in [0.2, 0.25) is 5.60 Å². The predicted molar refractivity (Wildman–Crippen MR) is 90.0 cm³/mol. The molecule has 2 aromatic rings. The fourth-order valence-electron chi connectivity index (χ4n) is 2.23. The number of aliphatic hydroxyl groups is 1. The monoisotopic (exact) mass is 325 g/mol. The topological polar surface area (TPSA) is 75.6 Å². The third kappa shape index (κ3) is 3.88. The van der Waals surface area contributed by atoms with Crippen molar-refractivity contribution >= 4 is 11.9 Å². The summed E-state index contributed by atoms with van der Waals surface area (Å²) in [4.78, 5) is 24.2. The summed E-state index contributed by atoms with van der Waals surface area (Å²) in [5, 5.41) is 13.6. The highest BCUT2D eigenvalue weighted by Crippen LogP contribution is 2.30. The van der Waals surface area contributed by atoms with Crippen molar-refractivity contribution in [2.45, 2.75) is 5.60 Å². The maximum atomic E-state index is 12.6. The summed E-state index contributed by atoms with van der Waals surface area (Å²) in [5.41, 5.74) is -1.25. The molecule has 2 aromatic carbocycles. The third-order valence-corrected chi connectivity index (χ3v) is 3.46. The summed E-state index contributed by atoms with van der Waals surface area (Å²) in [6.07, 6.45) is 1.52. The Morgan fingerprint density at radius 1 is 1.04 bits per heavy atom. The molecule has 0 aliphatic rings. The molecule has 2 N–H and O–H groups in total. The van der Waals surface area contributed by atoms with Crippen molar-refractivity contribution in [3.8, 4) is 0 Å². The Morgan fingerprint density at radius 3 is 2.00 bits per heavy atom. The average molecular weight is 325 g/mol. The van der Waals surface area contributed by atoms with Crippen molar-refractivity contribution in [2.75, 3.05) is 13.2 Å². The molecule has 1 amide bonds. The molecule has 0 unspecified atom stereocenters. The van der Waals surface area contributed by atoms with Crippen LogP contribution in [-0.2, 0) is 19.9 Å². The maximum absolute atomic E-state index is 12.6. The van der Waals surface area contributed by atoms with Crippen LogP contribution in [0.3, 0.4) is 0 Å². The molecule has 0 atom stereocenters. The first-order valence-electron chi connectivity index (χ1n) is 7.47. The average Bonchev–Trinajstić information content (AvgIpc) is 2.65. The van der Waals surface area contributed by atoms with Crippen LogP contribution >= 0.6 is 0 Å². The molecule has 0 spiro atoms. The van der Waals surface area contributed by atoms with Crippen LogP contribution in [0.5, 0.6) is 0 Å². The fraction of sp³-hybridized carbons (Fsp3) is 0.158. The number of esters is 1. The predicted octanol–water partition coefficient (Wildman–Crippen LogP) is 1.77. The number of nitrogens with one attached hydrogen (secondary N) is 1. The molecule has 0 aliphatic carbocycles. The number of ether oxygens (including phenoxy) is 1. The van der Waals surface area contributed by atoms with Gasteiger partial charge in [-0.15, -0.1) is 6.58 Å². The van der Waals surface area contributed by atoms with E-state index in [1.807, 2.05) is 0 Å². The van der Waals surface area contributed by atoms with E-state index in [2.05, 4.69) is 11.9 Å². The van der Waals surface area contributed by atoms with Crippen LogP contribution in [0.1, 0.15) is 11.1 Å². The van der Waals surface area contributed by atoms with Crippen LogP contribution in [-0.4, -0.2) is 30.1 Å². The number of hydrogen-bond acceptors (Lipinski definition) is 4. The molecule has 0 fully saturated rings. The lowest BCUT2D eigenvalue weighted by Gasteiger charge is -2.26. The first-order valence-corrected chi connectivity index (χ1v) is 7.47. The second-order valence-corrected chi connectivity index (χ2v) is 5.11. The lowest BCUT2D eigenvalue weighted by molar-refractivity contribution is -0.164. The van der Waals surface area contributed by atoms with Crippen LogP contribution in [0.15, 0.2) is 73.3 Å². The lowest BCUT2D eigenvalue weighted by Crippen LogP contribution is -2.40. The zero-order valence-electron chi connectivity index (χ0n) is 13.1. The van der Waals surface area contributed by atoms with Crippen molar-refractivity contribution < 1.29 is 19.4 Å². The van der Waals surface area contributed by atoms with Gasteiger partial charge in [0.1, 0.15) is 0 Å². The summed E-state index contributed by atoms with van der Waals surface area (Å²) in [5.74, 6) is -1.37. The van der Waals surface area contributed by atoms with Crippen molar-refractivity contribution in [1.82, 2.24) is 5.32 Å². The minimum absolute atomic E-state index is 0.276. The van der Waals surface area contributed by atoms with E-state index in [9.17, 15) is 14.7 Å². The van der Waals surface area contributed by atoms with E-state index in [1.54, 1.807) is 60.7 Å². The Hall–Kier alpha value is -2.92. The number of amides is 1. The Labute approximate surface area is 140 Å². The van der Waals surface area contributed by atoms with E-state index in [1.165, 1.54) is 6.08 Å². The van der Waals surface area contributed by atoms with E-state index in [-0.39, 0.29) is 6.54 Å². The zero-order valence-corrected chi connectivity index (χ0v) is 13.1. The minimum Gasteiger partial charge on any atom is -0.453 e. The largest absolute Gasteiger partial charge is 0.453 e. The molecule has 5 nitrogen and oxygen atoms in total. The highest BCUT2D eigenvalue weighted by Gasteiger charge is 2.41. The fourth-order valence-corrected chi connectivity index (χ4v) is 2.23. The summed E-state index contributed by atoms with van der Waals surface area (Å²) in [6, 6.07) is 16.9. The number of hydrogen-bond donors (Lipinski definition) is 2. The Kier molecular flexibility index (Phi) is 5.87. The van der Waals surface area contributed by atoms with E-state index >= 15 is 0 Å². The second-order valence-electron chi connectivity index (χ2n) is 5.11. The van der Waals surface area contributed by atoms with Gasteiger partial charge in [0.25, 0.3) is 5.91 Å². The zero-order chi connectivity index (χ0) is 17.4. The van der Waals surface area contributed by atoms with Gasteiger partial charge < -0.3 is 15.2 Å². The number of carbonyl (C=O) groups is 2. The molecular formula is C19H19NO4. The van der Waals surface area contributed by atoms with E-state index in [0.29, 0.717) is 11.1 Å². The van der Waals surface area contributed by atoms with Gasteiger partial charge in [0.05, 0.1) is 0 Å². The van der Waals surface area contributed by atoms with Crippen LogP contribution in [0.4, 0.5) is 0 Å². The summed E-state index contributed by atoms with van der Waals surface area (Å²) < 4.78 is 5.04. The van der Waals surface area contributed by atoms with Gasteiger partial charge in [0, 0.05) is 6.54 Å². The molecule has 0 bridgehead atoms. The smallest absolute Gasteiger partial charge is 0.348 e. The van der Waals surface area contributed by atoms with E-state index < -0.39 is 24.1 Å². The number of benzene rings is 2. The minimum atomic E-state index is -1.98. The van der Waals surface area contributed by atoms with Crippen LogP contribution in [0.25, 0.3) is 0 Å². The normalized spacial score (nSPS) is 10.7. The molecule has 124 valence electrons. The summed E-state index contributed by atoms with van der Waals surface area (Å²) >= 11 is 0. The maximum Gasteiger partial charge on any atom is 0.348 e. The van der Waals surface area contributed by atoms with Crippen molar-refractivity contribution in [3.63, 3.8) is 0 Å². The molecule has 0 saturated carbocycles. The third-order valence-electron chi connectivity index (χ3n) is 3.46. The van der Waals surface area contributed by atoms with Crippen LogP contribution < -0.4 is 5.32 Å². The van der Waals surface area contributed by atoms with Gasteiger partial charge in [-0.2, -0.15) is 0 Å². The first-order chi connectivity index (χ1) is 11.6. The van der Waals surface area contributed by atoms with Crippen molar-refractivity contribution in [1.29, 1.82) is 0 Å². The van der Waals surface area contributed by atoms with Crippen molar-refractivity contribution in [2.24, 2.45) is 0 Å². The number of carbonyl (C=O) groups excluding carboxylic acids is 2. The van der Waals surface area contributed by atoms with E-state index in [0.717, 1.165) is 0 Å². The summed E-state index contributed by atoms with van der Waals surface area (Å²) in [7, 11) is 0.